The van der Waals surface area contributed by atoms with Crippen LogP contribution in [0.15, 0.2) is 65.1 Å². The predicted molar refractivity (Wildman–Crippen MR) is 148 cm³/mol. The quantitative estimate of drug-likeness (QED) is 0.191. The fraction of sp³-hybridized carbons (Fsp3) is 0.222. The summed E-state index contributed by atoms with van der Waals surface area (Å²) in [5.41, 5.74) is -3.31. The summed E-state index contributed by atoms with van der Waals surface area (Å²) in [6.45, 7) is -1.15. The Labute approximate surface area is 249 Å². The Morgan fingerprint density at radius 2 is 1.52 bits per heavy atom. The first-order valence-electron chi connectivity index (χ1n) is 11.9. The molecule has 3 rings (SSSR count). The lowest BCUT2D eigenvalue weighted by Crippen LogP contribution is -2.54. The summed E-state index contributed by atoms with van der Waals surface area (Å²) < 4.78 is 70.1. The van der Waals surface area contributed by atoms with E-state index in [1.807, 2.05) is 5.32 Å². The number of carbonyl (C=O) groups is 3. The first kappa shape index (κ1) is 32.8. The van der Waals surface area contributed by atoms with Gasteiger partial charge < -0.3 is 25.8 Å². The second-order valence-corrected chi connectivity index (χ2v) is 10.2. The zero-order valence-corrected chi connectivity index (χ0v) is 23.8. The molecule has 0 aliphatic rings. The lowest BCUT2D eigenvalue weighted by Gasteiger charge is -2.24. The number of rotatable bonds is 10. The van der Waals surface area contributed by atoms with E-state index in [0.29, 0.717) is 12.6 Å². The maximum atomic E-state index is 13.0. The molecule has 1 atom stereocenters. The fourth-order valence-electron chi connectivity index (χ4n) is 3.33. The van der Waals surface area contributed by atoms with Crippen LogP contribution in [0.4, 0.5) is 33.3 Å². The standard InChI is InChI=1S/C27H22BrClF5N3O5/c1-26(41,27(32,33)34)25(40)35-12-14-2-8-20(29)18(10-14)23(38)37-17-7-9-21(42-13-22(30)31)19(11-17)24(39)36-16-5-3-15(28)4-6-16/h2-11,22,41H,12-13H2,1H3,(H,35,40)(H,36,39)(H,37,38). The number of alkyl halides is 5. The van der Waals surface area contributed by atoms with Gasteiger partial charge in [0.1, 0.15) is 12.4 Å². The number of hydrogen-bond donors (Lipinski definition) is 4. The Hall–Kier alpha value is -3.75. The van der Waals surface area contributed by atoms with Crippen LogP contribution in [0, 0.1) is 0 Å². The normalized spacial score (nSPS) is 12.8. The number of amides is 3. The Balaban J connectivity index is 1.81. The molecular weight excluding hydrogens is 657 g/mol. The second kappa shape index (κ2) is 13.5. The molecule has 8 nitrogen and oxygen atoms in total. The average Bonchev–Trinajstić information content (AvgIpc) is 2.92. The number of nitrogens with one attached hydrogen (secondary N) is 3. The van der Waals surface area contributed by atoms with Gasteiger partial charge in [-0.1, -0.05) is 33.6 Å². The molecule has 0 saturated carbocycles. The van der Waals surface area contributed by atoms with E-state index < -0.39 is 49.1 Å². The molecule has 3 amide bonds. The van der Waals surface area contributed by atoms with Crippen molar-refractivity contribution in [1.82, 2.24) is 5.32 Å². The van der Waals surface area contributed by atoms with Crippen LogP contribution < -0.4 is 20.7 Å². The highest BCUT2D eigenvalue weighted by Gasteiger charge is 2.55. The molecule has 42 heavy (non-hydrogen) atoms. The van der Waals surface area contributed by atoms with Gasteiger partial charge in [0.2, 0.25) is 5.60 Å². The molecule has 0 saturated heterocycles. The highest BCUT2D eigenvalue weighted by molar-refractivity contribution is 9.10. The van der Waals surface area contributed by atoms with Gasteiger partial charge in [-0.15, -0.1) is 0 Å². The van der Waals surface area contributed by atoms with Crippen LogP contribution in [-0.4, -0.2) is 47.6 Å². The topological polar surface area (TPSA) is 117 Å². The van der Waals surface area contributed by atoms with E-state index >= 15 is 0 Å². The second-order valence-electron chi connectivity index (χ2n) is 8.90. The van der Waals surface area contributed by atoms with Gasteiger partial charge in [-0.05, 0) is 67.1 Å². The van der Waals surface area contributed by atoms with E-state index in [9.17, 15) is 41.4 Å². The van der Waals surface area contributed by atoms with Crippen molar-refractivity contribution in [2.75, 3.05) is 17.2 Å². The van der Waals surface area contributed by atoms with Crippen molar-refractivity contribution in [2.24, 2.45) is 0 Å². The number of ether oxygens (including phenoxy) is 1. The van der Waals surface area contributed by atoms with Crippen molar-refractivity contribution in [3.8, 4) is 5.75 Å². The summed E-state index contributed by atoms with van der Waals surface area (Å²) in [7, 11) is 0. The van der Waals surface area contributed by atoms with Crippen LogP contribution in [0.1, 0.15) is 33.2 Å². The molecular formula is C27H22BrClF5N3O5. The third-order valence-electron chi connectivity index (χ3n) is 5.67. The average molecular weight is 679 g/mol. The molecule has 0 heterocycles. The van der Waals surface area contributed by atoms with Crippen molar-refractivity contribution < 1.29 is 46.2 Å². The molecule has 4 N–H and O–H groups in total. The molecule has 0 aliphatic carbocycles. The first-order chi connectivity index (χ1) is 19.6. The number of hydrogen-bond acceptors (Lipinski definition) is 5. The molecule has 224 valence electrons. The van der Waals surface area contributed by atoms with Crippen LogP contribution in [-0.2, 0) is 11.3 Å². The molecule has 0 aromatic heterocycles. The van der Waals surface area contributed by atoms with Gasteiger partial charge in [0.15, 0.2) is 0 Å². The van der Waals surface area contributed by atoms with Crippen molar-refractivity contribution in [1.29, 1.82) is 0 Å². The summed E-state index contributed by atoms with van der Waals surface area (Å²) in [6, 6.07) is 14.1. The first-order valence-corrected chi connectivity index (χ1v) is 13.0. The minimum Gasteiger partial charge on any atom is -0.487 e. The largest absolute Gasteiger partial charge is 0.487 e. The van der Waals surface area contributed by atoms with Crippen molar-refractivity contribution in [2.45, 2.75) is 31.7 Å². The van der Waals surface area contributed by atoms with Gasteiger partial charge in [0.05, 0.1) is 16.1 Å². The molecule has 3 aromatic rings. The Bertz CT molecular complexity index is 1470. The van der Waals surface area contributed by atoms with E-state index in [0.717, 1.165) is 4.47 Å². The summed E-state index contributed by atoms with van der Waals surface area (Å²) in [4.78, 5) is 37.9. The summed E-state index contributed by atoms with van der Waals surface area (Å²) in [5, 5.41) is 16.5. The van der Waals surface area contributed by atoms with Crippen LogP contribution in [0.25, 0.3) is 0 Å². The summed E-state index contributed by atoms with van der Waals surface area (Å²) in [6.07, 6.45) is -8.03. The van der Waals surface area contributed by atoms with Crippen LogP contribution in [0.5, 0.6) is 5.75 Å². The molecule has 0 aliphatic heterocycles. The van der Waals surface area contributed by atoms with E-state index in [1.165, 1.54) is 36.4 Å². The van der Waals surface area contributed by atoms with Gasteiger partial charge in [-0.25, -0.2) is 8.78 Å². The monoisotopic (exact) mass is 677 g/mol. The zero-order valence-electron chi connectivity index (χ0n) is 21.5. The summed E-state index contributed by atoms with van der Waals surface area (Å²) >= 11 is 9.41. The SMILES string of the molecule is CC(O)(C(=O)NCc1ccc(Cl)c(C(=O)Nc2ccc(OCC(F)F)c(C(=O)Nc3ccc(Br)cc3)c2)c1)C(F)(F)F. The van der Waals surface area contributed by atoms with Crippen LogP contribution in [0.3, 0.4) is 0 Å². The minimum atomic E-state index is -5.21. The minimum absolute atomic E-state index is 0.0463. The number of benzene rings is 3. The fourth-order valence-corrected chi connectivity index (χ4v) is 3.80. The molecule has 3 aromatic carbocycles. The smallest absolute Gasteiger partial charge is 0.426 e. The van der Waals surface area contributed by atoms with Gasteiger partial charge in [0.25, 0.3) is 24.1 Å². The number of aliphatic hydroxyl groups is 1. The number of carbonyl (C=O) groups excluding carboxylic acids is 3. The molecule has 0 spiro atoms. The van der Waals surface area contributed by atoms with E-state index in [2.05, 4.69) is 26.6 Å². The van der Waals surface area contributed by atoms with E-state index in [-0.39, 0.29) is 33.1 Å². The third kappa shape index (κ3) is 8.39. The van der Waals surface area contributed by atoms with Gasteiger partial charge >= 0.3 is 6.18 Å². The number of anilines is 2. The van der Waals surface area contributed by atoms with Crippen LogP contribution >= 0.6 is 27.5 Å². The van der Waals surface area contributed by atoms with Crippen LogP contribution in [0.2, 0.25) is 5.02 Å². The number of halogens is 7. The van der Waals surface area contributed by atoms with Gasteiger partial charge in [0, 0.05) is 22.4 Å². The maximum absolute atomic E-state index is 13.0. The third-order valence-corrected chi connectivity index (χ3v) is 6.53. The Morgan fingerprint density at radius 1 is 0.929 bits per heavy atom. The molecule has 0 bridgehead atoms. The predicted octanol–water partition coefficient (Wildman–Crippen LogP) is 6.18. The maximum Gasteiger partial charge on any atom is 0.426 e. The molecule has 0 radical (unpaired) electrons. The highest BCUT2D eigenvalue weighted by atomic mass is 79.9. The highest BCUT2D eigenvalue weighted by Crippen LogP contribution is 2.30. The molecule has 1 unspecified atom stereocenters. The Morgan fingerprint density at radius 3 is 2.14 bits per heavy atom. The summed E-state index contributed by atoms with van der Waals surface area (Å²) in [5.74, 6) is -3.38. The molecule has 0 fully saturated rings. The van der Waals surface area contributed by atoms with E-state index in [4.69, 9.17) is 16.3 Å². The zero-order chi connectivity index (χ0) is 31.2. The Kier molecular flexibility index (Phi) is 10.5. The van der Waals surface area contributed by atoms with Gasteiger partial charge in [-0.3, -0.25) is 14.4 Å². The molecule has 15 heteroatoms. The van der Waals surface area contributed by atoms with E-state index in [1.54, 1.807) is 24.3 Å². The van der Waals surface area contributed by atoms with Crippen molar-refractivity contribution >= 4 is 56.6 Å². The lowest BCUT2D eigenvalue weighted by atomic mass is 10.1. The van der Waals surface area contributed by atoms with Crippen molar-refractivity contribution in [3.63, 3.8) is 0 Å². The van der Waals surface area contributed by atoms with Gasteiger partial charge in [-0.2, -0.15) is 13.2 Å². The lowest BCUT2D eigenvalue weighted by molar-refractivity contribution is -0.245. The van der Waals surface area contributed by atoms with Crippen molar-refractivity contribution in [3.05, 3.63) is 86.8 Å².